The van der Waals surface area contributed by atoms with E-state index in [1.165, 1.54) is 43.4 Å². The van der Waals surface area contributed by atoms with Crippen molar-refractivity contribution in [2.24, 2.45) is 0 Å². The first-order valence-corrected chi connectivity index (χ1v) is 11.2. The largest absolute Gasteiger partial charge is 0.507 e. The molecule has 1 atom stereocenters. The van der Waals surface area contributed by atoms with Crippen molar-refractivity contribution in [3.63, 3.8) is 0 Å². The third-order valence-electron chi connectivity index (χ3n) is 5.54. The van der Waals surface area contributed by atoms with Gasteiger partial charge in [0, 0.05) is 12.1 Å². The highest BCUT2D eigenvalue weighted by molar-refractivity contribution is 6.47. The number of rotatable bonds is 8. The SMILES string of the molecule is CCCCCN1C(=O)C(=O)/C(=C(/O)c2cc(Cl)c(OC)c(Cl)c2OC)C1c1ccccc1F. The van der Waals surface area contributed by atoms with Crippen LogP contribution in [0.3, 0.4) is 0 Å². The molecule has 1 saturated heterocycles. The zero-order chi connectivity index (χ0) is 24.3. The van der Waals surface area contributed by atoms with Crippen LogP contribution in [0.25, 0.3) is 5.76 Å². The van der Waals surface area contributed by atoms with E-state index in [0.29, 0.717) is 6.42 Å². The van der Waals surface area contributed by atoms with E-state index in [9.17, 15) is 19.1 Å². The Bertz CT molecular complexity index is 1120. The summed E-state index contributed by atoms with van der Waals surface area (Å²) in [5, 5.41) is 11.3. The quantitative estimate of drug-likeness (QED) is 0.218. The van der Waals surface area contributed by atoms with Crippen molar-refractivity contribution in [2.45, 2.75) is 32.2 Å². The molecule has 1 heterocycles. The van der Waals surface area contributed by atoms with E-state index in [-0.39, 0.29) is 44.8 Å². The summed E-state index contributed by atoms with van der Waals surface area (Å²) in [6.45, 7) is 2.24. The second kappa shape index (κ2) is 10.4. The van der Waals surface area contributed by atoms with Crippen LogP contribution in [-0.2, 0) is 9.59 Å². The summed E-state index contributed by atoms with van der Waals surface area (Å²) in [5.41, 5.74) is -0.183. The number of likely N-dealkylation sites (tertiary alicyclic amines) is 1. The van der Waals surface area contributed by atoms with Gasteiger partial charge in [-0.05, 0) is 18.6 Å². The van der Waals surface area contributed by atoms with Gasteiger partial charge in [-0.3, -0.25) is 9.59 Å². The van der Waals surface area contributed by atoms with Crippen LogP contribution < -0.4 is 9.47 Å². The number of halogens is 3. The zero-order valence-electron chi connectivity index (χ0n) is 18.5. The molecule has 176 valence electrons. The lowest BCUT2D eigenvalue weighted by Crippen LogP contribution is -2.31. The third kappa shape index (κ3) is 4.52. The van der Waals surface area contributed by atoms with Crippen LogP contribution in [0.5, 0.6) is 11.5 Å². The van der Waals surface area contributed by atoms with Gasteiger partial charge in [0.1, 0.15) is 16.6 Å². The molecular weight excluding hydrogens is 472 g/mol. The molecule has 0 radical (unpaired) electrons. The third-order valence-corrected chi connectivity index (χ3v) is 6.16. The number of unbranched alkanes of at least 4 members (excludes halogenated alkanes) is 2. The van der Waals surface area contributed by atoms with Crippen LogP contribution in [0.1, 0.15) is 43.4 Å². The monoisotopic (exact) mass is 495 g/mol. The number of methoxy groups -OCH3 is 2. The predicted octanol–water partition coefficient (Wildman–Crippen LogP) is 5.76. The molecule has 6 nitrogen and oxygen atoms in total. The van der Waals surface area contributed by atoms with Crippen molar-refractivity contribution in [2.75, 3.05) is 20.8 Å². The summed E-state index contributed by atoms with van der Waals surface area (Å²) >= 11 is 12.6. The van der Waals surface area contributed by atoms with Gasteiger partial charge in [-0.1, -0.05) is 61.2 Å². The van der Waals surface area contributed by atoms with Crippen LogP contribution in [0.15, 0.2) is 35.9 Å². The summed E-state index contributed by atoms with van der Waals surface area (Å²) in [6, 6.07) is 6.04. The van der Waals surface area contributed by atoms with Gasteiger partial charge in [0.05, 0.1) is 36.4 Å². The maximum absolute atomic E-state index is 14.8. The average molecular weight is 496 g/mol. The molecule has 0 saturated carbocycles. The maximum atomic E-state index is 14.8. The van der Waals surface area contributed by atoms with E-state index in [1.807, 2.05) is 6.92 Å². The highest BCUT2D eigenvalue weighted by atomic mass is 35.5. The predicted molar refractivity (Wildman–Crippen MR) is 125 cm³/mol. The number of carbonyl (C=O) groups is 2. The minimum atomic E-state index is -1.12. The number of Topliss-reactive ketones (excluding diaryl/α,β-unsaturated/α-hetero) is 1. The Morgan fingerprint density at radius 2 is 1.79 bits per heavy atom. The molecule has 0 spiro atoms. The smallest absolute Gasteiger partial charge is 0.295 e. The average Bonchev–Trinajstić information content (AvgIpc) is 3.04. The van der Waals surface area contributed by atoms with E-state index in [2.05, 4.69) is 0 Å². The Kier molecular flexibility index (Phi) is 7.87. The van der Waals surface area contributed by atoms with Gasteiger partial charge in [-0.2, -0.15) is 0 Å². The van der Waals surface area contributed by atoms with Crippen LogP contribution in [0.4, 0.5) is 4.39 Å². The molecule has 3 rings (SSSR count). The van der Waals surface area contributed by atoms with Gasteiger partial charge < -0.3 is 19.5 Å². The standard InChI is InChI=1S/C24H24Cl2FNO5/c1-4-5-8-11-28-19(13-9-6-7-10-16(13)27)17(21(30)24(28)31)20(29)14-12-15(25)23(33-3)18(26)22(14)32-2/h6-7,9-10,12,19,29H,4-5,8,11H2,1-3H3/b20-17+. The maximum Gasteiger partial charge on any atom is 0.295 e. The van der Waals surface area contributed by atoms with Crippen molar-refractivity contribution in [1.82, 2.24) is 4.90 Å². The summed E-state index contributed by atoms with van der Waals surface area (Å²) < 4.78 is 25.3. The number of hydrogen-bond acceptors (Lipinski definition) is 5. The second-order valence-corrected chi connectivity index (χ2v) is 8.29. The van der Waals surface area contributed by atoms with E-state index >= 15 is 0 Å². The minimum Gasteiger partial charge on any atom is -0.507 e. The van der Waals surface area contributed by atoms with Crippen LogP contribution in [0.2, 0.25) is 10.0 Å². The molecule has 0 aliphatic carbocycles. The fraction of sp³-hybridized carbons (Fsp3) is 0.333. The van der Waals surface area contributed by atoms with Crippen molar-refractivity contribution >= 4 is 40.7 Å². The van der Waals surface area contributed by atoms with Crippen LogP contribution >= 0.6 is 23.2 Å². The van der Waals surface area contributed by atoms with Gasteiger partial charge in [0.15, 0.2) is 11.5 Å². The number of carbonyl (C=O) groups excluding carboxylic acids is 2. The number of benzene rings is 2. The molecular formula is C24H24Cl2FNO5. The van der Waals surface area contributed by atoms with Gasteiger partial charge >= 0.3 is 0 Å². The molecule has 2 aromatic carbocycles. The molecule has 1 fully saturated rings. The lowest BCUT2D eigenvalue weighted by atomic mass is 9.94. The zero-order valence-corrected chi connectivity index (χ0v) is 20.0. The molecule has 0 aromatic heterocycles. The van der Waals surface area contributed by atoms with Crippen molar-refractivity contribution in [1.29, 1.82) is 0 Å². The summed E-state index contributed by atoms with van der Waals surface area (Å²) in [4.78, 5) is 27.3. The first-order chi connectivity index (χ1) is 15.8. The Hall–Kier alpha value is -2.77. The number of hydrogen-bond donors (Lipinski definition) is 1. The van der Waals surface area contributed by atoms with Crippen LogP contribution in [-0.4, -0.2) is 42.5 Å². The lowest BCUT2D eigenvalue weighted by Gasteiger charge is -2.26. The summed E-state index contributed by atoms with van der Waals surface area (Å²) in [5.74, 6) is -2.79. The molecule has 0 bridgehead atoms. The van der Waals surface area contributed by atoms with E-state index in [0.717, 1.165) is 12.8 Å². The van der Waals surface area contributed by atoms with E-state index in [4.69, 9.17) is 32.7 Å². The lowest BCUT2D eigenvalue weighted by molar-refractivity contribution is -0.139. The van der Waals surface area contributed by atoms with Gasteiger partial charge in [-0.15, -0.1) is 0 Å². The first kappa shape index (κ1) is 24.9. The van der Waals surface area contributed by atoms with Gasteiger partial charge in [0.2, 0.25) is 0 Å². The molecule has 1 unspecified atom stereocenters. The molecule has 2 aromatic rings. The van der Waals surface area contributed by atoms with Crippen molar-refractivity contribution in [3.8, 4) is 11.5 Å². The van der Waals surface area contributed by atoms with Gasteiger partial charge in [0.25, 0.3) is 11.7 Å². The minimum absolute atomic E-state index is 0.000109. The topological polar surface area (TPSA) is 76.1 Å². The number of aliphatic hydroxyl groups excluding tert-OH is 1. The highest BCUT2D eigenvalue weighted by Gasteiger charge is 2.47. The second-order valence-electron chi connectivity index (χ2n) is 7.51. The van der Waals surface area contributed by atoms with E-state index in [1.54, 1.807) is 6.07 Å². The highest BCUT2D eigenvalue weighted by Crippen LogP contribution is 2.47. The number of nitrogens with zero attached hydrogens (tertiary/aromatic N) is 1. The Labute approximate surface area is 201 Å². The summed E-state index contributed by atoms with van der Waals surface area (Å²) in [7, 11) is 2.69. The Morgan fingerprint density at radius 3 is 2.39 bits per heavy atom. The number of aliphatic hydroxyl groups is 1. The number of amides is 1. The molecule has 1 N–H and O–H groups in total. The van der Waals surface area contributed by atoms with Crippen molar-refractivity contribution < 1.29 is 28.6 Å². The molecule has 9 heteroatoms. The fourth-order valence-electron chi connectivity index (χ4n) is 3.95. The number of ketones is 1. The normalized spacial score (nSPS) is 17.5. The van der Waals surface area contributed by atoms with E-state index < -0.39 is 29.3 Å². The number of ether oxygens (including phenoxy) is 2. The molecule has 1 aliphatic rings. The first-order valence-electron chi connectivity index (χ1n) is 10.4. The molecule has 1 amide bonds. The fourth-order valence-corrected chi connectivity index (χ4v) is 4.64. The Morgan fingerprint density at radius 1 is 1.12 bits per heavy atom. The van der Waals surface area contributed by atoms with Gasteiger partial charge in [-0.25, -0.2) is 4.39 Å². The summed E-state index contributed by atoms with van der Waals surface area (Å²) in [6.07, 6.45) is 2.34. The van der Waals surface area contributed by atoms with Crippen molar-refractivity contribution in [3.05, 3.63) is 62.9 Å². The molecule has 1 aliphatic heterocycles. The Balaban J connectivity index is 2.27. The van der Waals surface area contributed by atoms with Crippen LogP contribution in [0, 0.1) is 5.82 Å². The molecule has 33 heavy (non-hydrogen) atoms.